The molecule has 0 aliphatic rings. The Hall–Kier alpha value is -2.39. The second-order valence-corrected chi connectivity index (χ2v) is 6.45. The molecular formula is C13H11N5O2S2. The number of nitrogen functional groups attached to an aromatic ring is 1. The number of nitro groups is 1. The number of hydrogen-bond donors (Lipinski definition) is 1. The summed E-state index contributed by atoms with van der Waals surface area (Å²) in [6.07, 6.45) is 0. The number of hydrogen-bond acceptors (Lipinski definition) is 7. The van der Waals surface area contributed by atoms with E-state index in [-0.39, 0.29) is 5.69 Å². The smallest absolute Gasteiger partial charge is 0.272 e. The van der Waals surface area contributed by atoms with Crippen molar-refractivity contribution in [3.8, 4) is 10.7 Å². The third-order valence-corrected chi connectivity index (χ3v) is 4.80. The van der Waals surface area contributed by atoms with Gasteiger partial charge in [0.05, 0.1) is 9.80 Å². The van der Waals surface area contributed by atoms with Crippen molar-refractivity contribution in [2.75, 3.05) is 5.84 Å². The van der Waals surface area contributed by atoms with Gasteiger partial charge in [0.2, 0.25) is 5.16 Å². The van der Waals surface area contributed by atoms with Gasteiger partial charge in [0.25, 0.3) is 5.69 Å². The maximum atomic E-state index is 10.8. The SMILES string of the molecule is Cc1cc(Sc2nnc(-c3cccs3)n2N)ccc1[N+](=O)[O-]. The molecule has 0 aliphatic heterocycles. The quantitative estimate of drug-likeness (QED) is 0.447. The number of nitro benzene ring substituents is 1. The second-order valence-electron chi connectivity index (χ2n) is 4.46. The van der Waals surface area contributed by atoms with Gasteiger partial charge in [-0.05, 0) is 42.3 Å². The summed E-state index contributed by atoms with van der Waals surface area (Å²) in [5.41, 5.74) is 0.689. The molecular weight excluding hydrogens is 322 g/mol. The van der Waals surface area contributed by atoms with Crippen molar-refractivity contribution in [1.82, 2.24) is 14.9 Å². The van der Waals surface area contributed by atoms with Crippen LogP contribution in [0.3, 0.4) is 0 Å². The normalized spacial score (nSPS) is 10.8. The van der Waals surface area contributed by atoms with Crippen LogP contribution >= 0.6 is 23.1 Å². The molecule has 0 saturated heterocycles. The first-order valence-electron chi connectivity index (χ1n) is 6.23. The van der Waals surface area contributed by atoms with Gasteiger partial charge in [0, 0.05) is 16.5 Å². The van der Waals surface area contributed by atoms with Crippen molar-refractivity contribution in [3.63, 3.8) is 0 Å². The second kappa shape index (κ2) is 5.78. The Morgan fingerprint density at radius 3 is 2.82 bits per heavy atom. The van der Waals surface area contributed by atoms with Gasteiger partial charge in [-0.1, -0.05) is 6.07 Å². The highest BCUT2D eigenvalue weighted by atomic mass is 32.2. The minimum Gasteiger partial charge on any atom is -0.335 e. The summed E-state index contributed by atoms with van der Waals surface area (Å²) < 4.78 is 1.42. The first kappa shape index (κ1) is 14.5. The molecule has 1 aromatic carbocycles. The molecule has 0 fully saturated rings. The van der Waals surface area contributed by atoms with Gasteiger partial charge in [-0.15, -0.1) is 21.5 Å². The van der Waals surface area contributed by atoms with Crippen LogP contribution in [0.25, 0.3) is 10.7 Å². The molecule has 3 aromatic rings. The molecule has 2 N–H and O–H groups in total. The van der Waals surface area contributed by atoms with Crippen LogP contribution in [0.2, 0.25) is 0 Å². The zero-order chi connectivity index (χ0) is 15.7. The molecule has 112 valence electrons. The highest BCUT2D eigenvalue weighted by Crippen LogP contribution is 2.31. The third-order valence-electron chi connectivity index (χ3n) is 2.98. The third kappa shape index (κ3) is 2.68. The summed E-state index contributed by atoms with van der Waals surface area (Å²) in [5.74, 6) is 6.62. The highest BCUT2D eigenvalue weighted by molar-refractivity contribution is 7.99. The molecule has 0 aliphatic carbocycles. The molecule has 2 heterocycles. The van der Waals surface area contributed by atoms with E-state index in [2.05, 4.69) is 10.2 Å². The molecule has 0 atom stereocenters. The lowest BCUT2D eigenvalue weighted by molar-refractivity contribution is -0.385. The topological polar surface area (TPSA) is 99.9 Å². The zero-order valence-electron chi connectivity index (χ0n) is 11.5. The van der Waals surface area contributed by atoms with Crippen molar-refractivity contribution in [2.45, 2.75) is 17.0 Å². The maximum Gasteiger partial charge on any atom is 0.272 e. The number of aromatic nitrogens is 3. The van der Waals surface area contributed by atoms with Crippen LogP contribution in [-0.2, 0) is 0 Å². The number of benzene rings is 1. The molecule has 3 rings (SSSR count). The summed E-state index contributed by atoms with van der Waals surface area (Å²) in [6, 6.07) is 8.73. The van der Waals surface area contributed by atoms with E-state index < -0.39 is 4.92 Å². The fourth-order valence-corrected chi connectivity index (χ4v) is 3.48. The predicted octanol–water partition coefficient (Wildman–Crippen LogP) is 3.09. The first-order chi connectivity index (χ1) is 10.6. The van der Waals surface area contributed by atoms with Gasteiger partial charge in [0.1, 0.15) is 0 Å². The maximum absolute atomic E-state index is 10.8. The minimum absolute atomic E-state index is 0.0952. The Kier molecular flexibility index (Phi) is 3.82. The lowest BCUT2D eigenvalue weighted by atomic mass is 10.2. The molecule has 0 unspecified atom stereocenters. The van der Waals surface area contributed by atoms with Crippen LogP contribution in [0.5, 0.6) is 0 Å². The molecule has 7 nitrogen and oxygen atoms in total. The highest BCUT2D eigenvalue weighted by Gasteiger charge is 2.15. The first-order valence-corrected chi connectivity index (χ1v) is 7.93. The Labute approximate surface area is 133 Å². The fraction of sp³-hybridized carbons (Fsp3) is 0.0769. The van der Waals surface area contributed by atoms with E-state index in [0.29, 0.717) is 16.5 Å². The summed E-state index contributed by atoms with van der Waals surface area (Å²) in [6.45, 7) is 1.70. The lowest BCUT2D eigenvalue weighted by Crippen LogP contribution is -2.10. The average molecular weight is 333 g/mol. The Balaban J connectivity index is 1.88. The minimum atomic E-state index is -0.399. The van der Waals surface area contributed by atoms with Gasteiger partial charge in [-0.2, -0.15) is 0 Å². The standard InChI is InChI=1S/C13H11N5O2S2/c1-8-7-9(4-5-10(8)18(19)20)22-13-16-15-12(17(13)14)11-3-2-6-21-11/h2-7H,14H2,1H3. The molecule has 0 amide bonds. The summed E-state index contributed by atoms with van der Waals surface area (Å²) >= 11 is 2.84. The fourth-order valence-electron chi connectivity index (χ4n) is 1.92. The van der Waals surface area contributed by atoms with E-state index in [1.807, 2.05) is 17.5 Å². The number of nitrogens with zero attached hydrogens (tertiary/aromatic N) is 4. The van der Waals surface area contributed by atoms with E-state index >= 15 is 0 Å². The van der Waals surface area contributed by atoms with Gasteiger partial charge >= 0.3 is 0 Å². The van der Waals surface area contributed by atoms with Crippen LogP contribution in [0.4, 0.5) is 5.69 Å². The van der Waals surface area contributed by atoms with Crippen molar-refractivity contribution in [3.05, 3.63) is 51.4 Å². The number of aryl methyl sites for hydroxylation is 1. The van der Waals surface area contributed by atoms with Gasteiger partial charge < -0.3 is 5.84 Å². The van der Waals surface area contributed by atoms with Crippen LogP contribution in [-0.4, -0.2) is 19.8 Å². The van der Waals surface area contributed by atoms with Crippen LogP contribution in [0, 0.1) is 17.0 Å². The molecule has 0 radical (unpaired) electrons. The molecule has 22 heavy (non-hydrogen) atoms. The molecule has 0 saturated carbocycles. The van der Waals surface area contributed by atoms with Crippen molar-refractivity contribution < 1.29 is 4.92 Å². The van der Waals surface area contributed by atoms with Crippen LogP contribution in [0.15, 0.2) is 45.8 Å². The summed E-state index contributed by atoms with van der Waals surface area (Å²) in [5, 5.41) is 21.5. The van der Waals surface area contributed by atoms with Crippen molar-refractivity contribution in [1.29, 1.82) is 0 Å². The van der Waals surface area contributed by atoms with Gasteiger partial charge in [0.15, 0.2) is 5.82 Å². The van der Waals surface area contributed by atoms with Crippen LogP contribution in [0.1, 0.15) is 5.56 Å². The Bertz CT molecular complexity index is 829. The van der Waals surface area contributed by atoms with E-state index in [1.54, 1.807) is 19.1 Å². The van der Waals surface area contributed by atoms with E-state index in [0.717, 1.165) is 9.77 Å². The Morgan fingerprint density at radius 2 is 2.18 bits per heavy atom. The van der Waals surface area contributed by atoms with Crippen LogP contribution < -0.4 is 5.84 Å². The lowest BCUT2D eigenvalue weighted by Gasteiger charge is -2.04. The van der Waals surface area contributed by atoms with E-state index in [9.17, 15) is 10.1 Å². The largest absolute Gasteiger partial charge is 0.335 e. The van der Waals surface area contributed by atoms with Crippen molar-refractivity contribution in [2.24, 2.45) is 0 Å². The number of nitrogens with two attached hydrogens (primary N) is 1. The molecule has 0 bridgehead atoms. The van der Waals surface area contributed by atoms with E-state index in [1.165, 1.54) is 33.8 Å². The van der Waals surface area contributed by atoms with Crippen molar-refractivity contribution >= 4 is 28.8 Å². The van der Waals surface area contributed by atoms with E-state index in [4.69, 9.17) is 5.84 Å². The van der Waals surface area contributed by atoms with Gasteiger partial charge in [-0.3, -0.25) is 10.1 Å². The molecule has 0 spiro atoms. The number of rotatable bonds is 4. The summed E-state index contributed by atoms with van der Waals surface area (Å²) in [4.78, 5) is 12.2. The number of thiophene rings is 1. The zero-order valence-corrected chi connectivity index (χ0v) is 13.1. The monoisotopic (exact) mass is 333 g/mol. The molecule has 2 aromatic heterocycles. The average Bonchev–Trinajstić information content (AvgIpc) is 3.09. The Morgan fingerprint density at radius 1 is 1.36 bits per heavy atom. The summed E-state index contributed by atoms with van der Waals surface area (Å²) in [7, 11) is 0. The van der Waals surface area contributed by atoms with Gasteiger partial charge in [-0.25, -0.2) is 4.68 Å². The predicted molar refractivity (Wildman–Crippen MR) is 85.4 cm³/mol. The molecule has 9 heteroatoms.